The molecule has 0 saturated heterocycles. The Hall–Kier alpha value is -1.77. The Morgan fingerprint density at radius 3 is 2.69 bits per heavy atom. The molecule has 3 nitrogen and oxygen atoms in total. The smallest absolute Gasteiger partial charge is 0.132 e. The van der Waals surface area contributed by atoms with Crippen molar-refractivity contribution >= 4 is 0 Å². The molecule has 1 N–H and O–H groups in total. The van der Waals surface area contributed by atoms with E-state index in [-0.39, 0.29) is 5.75 Å². The van der Waals surface area contributed by atoms with Gasteiger partial charge in [-0.1, -0.05) is 17.3 Å². The van der Waals surface area contributed by atoms with Crippen LogP contribution in [0.5, 0.6) is 5.75 Å². The molecule has 0 aliphatic heterocycles. The SMILES string of the molecule is Oc1ccc(Cc2[c]con2)cc1. The fourth-order valence-corrected chi connectivity index (χ4v) is 1.10. The second-order valence-electron chi connectivity index (χ2n) is 2.75. The zero-order chi connectivity index (χ0) is 9.10. The van der Waals surface area contributed by atoms with Crippen molar-refractivity contribution in [3.63, 3.8) is 0 Å². The first kappa shape index (κ1) is 7.86. The van der Waals surface area contributed by atoms with E-state index in [2.05, 4.69) is 15.7 Å². The summed E-state index contributed by atoms with van der Waals surface area (Å²) >= 11 is 0. The van der Waals surface area contributed by atoms with Crippen LogP contribution >= 0.6 is 0 Å². The molecule has 0 bridgehead atoms. The second-order valence-corrected chi connectivity index (χ2v) is 2.75. The highest BCUT2D eigenvalue weighted by Crippen LogP contribution is 2.12. The van der Waals surface area contributed by atoms with Crippen LogP contribution in [0.2, 0.25) is 0 Å². The largest absolute Gasteiger partial charge is 0.508 e. The van der Waals surface area contributed by atoms with E-state index in [4.69, 9.17) is 5.11 Å². The summed E-state index contributed by atoms with van der Waals surface area (Å²) in [5.74, 6) is 0.271. The predicted molar refractivity (Wildman–Crippen MR) is 46.3 cm³/mol. The van der Waals surface area contributed by atoms with Crippen LogP contribution in [-0.2, 0) is 6.42 Å². The van der Waals surface area contributed by atoms with Crippen molar-refractivity contribution in [3.8, 4) is 5.75 Å². The Morgan fingerprint density at radius 2 is 2.08 bits per heavy atom. The van der Waals surface area contributed by atoms with Gasteiger partial charge in [0.05, 0.1) is 11.8 Å². The summed E-state index contributed by atoms with van der Waals surface area (Å²) in [5.41, 5.74) is 1.84. The van der Waals surface area contributed by atoms with Crippen molar-refractivity contribution in [2.24, 2.45) is 0 Å². The number of hydrogen-bond donors (Lipinski definition) is 1. The summed E-state index contributed by atoms with van der Waals surface area (Å²) in [4.78, 5) is 0. The van der Waals surface area contributed by atoms with Gasteiger partial charge in [0.2, 0.25) is 0 Å². The maximum Gasteiger partial charge on any atom is 0.132 e. The monoisotopic (exact) mass is 174 g/mol. The molecule has 0 atom stereocenters. The van der Waals surface area contributed by atoms with E-state index >= 15 is 0 Å². The third kappa shape index (κ3) is 1.87. The number of nitrogens with zero attached hydrogens (tertiary/aromatic N) is 1. The second kappa shape index (κ2) is 3.31. The predicted octanol–water partition coefficient (Wildman–Crippen LogP) is 1.77. The molecule has 0 aliphatic carbocycles. The molecular formula is C10H8NO2. The van der Waals surface area contributed by atoms with E-state index in [9.17, 15) is 0 Å². The molecule has 0 fully saturated rings. The first-order chi connectivity index (χ1) is 6.34. The van der Waals surface area contributed by atoms with Crippen molar-refractivity contribution in [1.82, 2.24) is 5.16 Å². The molecule has 1 heterocycles. The maximum atomic E-state index is 9.04. The Bertz CT molecular complexity index is 364. The number of phenols is 1. The average Bonchev–Trinajstić information content (AvgIpc) is 2.62. The number of phenolic OH excluding ortho intramolecular Hbond substituents is 1. The zero-order valence-corrected chi connectivity index (χ0v) is 6.90. The van der Waals surface area contributed by atoms with Gasteiger partial charge in [-0.05, 0) is 17.7 Å². The van der Waals surface area contributed by atoms with Gasteiger partial charge in [-0.25, -0.2) is 0 Å². The number of hydrogen-bond acceptors (Lipinski definition) is 3. The van der Waals surface area contributed by atoms with Crippen molar-refractivity contribution in [2.75, 3.05) is 0 Å². The van der Waals surface area contributed by atoms with Crippen LogP contribution in [0.1, 0.15) is 11.3 Å². The van der Waals surface area contributed by atoms with Crippen LogP contribution in [0.4, 0.5) is 0 Å². The van der Waals surface area contributed by atoms with Crippen LogP contribution in [0, 0.1) is 6.07 Å². The molecule has 0 saturated carbocycles. The number of rotatable bonds is 2. The van der Waals surface area contributed by atoms with E-state index in [1.54, 1.807) is 12.1 Å². The molecule has 0 spiro atoms. The maximum absolute atomic E-state index is 9.04. The van der Waals surface area contributed by atoms with Gasteiger partial charge in [0.25, 0.3) is 0 Å². The van der Waals surface area contributed by atoms with E-state index in [0.717, 1.165) is 11.3 Å². The minimum absolute atomic E-state index is 0.271. The molecule has 0 unspecified atom stereocenters. The molecular weight excluding hydrogens is 166 g/mol. The molecule has 0 amide bonds. The fourth-order valence-electron chi connectivity index (χ4n) is 1.10. The van der Waals surface area contributed by atoms with E-state index < -0.39 is 0 Å². The molecule has 2 rings (SSSR count). The lowest BCUT2D eigenvalue weighted by Gasteiger charge is -1.96. The summed E-state index contributed by atoms with van der Waals surface area (Å²) in [6.07, 6.45) is 2.10. The number of benzene rings is 1. The van der Waals surface area contributed by atoms with Gasteiger partial charge < -0.3 is 9.63 Å². The van der Waals surface area contributed by atoms with Crippen LogP contribution in [0.15, 0.2) is 35.1 Å². The van der Waals surface area contributed by atoms with Gasteiger partial charge in [0.15, 0.2) is 0 Å². The lowest BCUT2D eigenvalue weighted by atomic mass is 10.1. The Balaban J connectivity index is 2.15. The summed E-state index contributed by atoms with van der Waals surface area (Å²) in [5, 5.41) is 12.8. The average molecular weight is 174 g/mol. The van der Waals surface area contributed by atoms with E-state index in [0.29, 0.717) is 6.42 Å². The van der Waals surface area contributed by atoms with Gasteiger partial charge in [-0.15, -0.1) is 0 Å². The Labute approximate surface area is 75.6 Å². The minimum Gasteiger partial charge on any atom is -0.508 e. The topological polar surface area (TPSA) is 46.3 Å². The quantitative estimate of drug-likeness (QED) is 0.754. The summed E-state index contributed by atoms with van der Waals surface area (Å²) in [7, 11) is 0. The summed E-state index contributed by atoms with van der Waals surface area (Å²) in [6, 6.07) is 9.85. The molecule has 1 aromatic carbocycles. The van der Waals surface area contributed by atoms with Crippen molar-refractivity contribution in [1.29, 1.82) is 0 Å². The van der Waals surface area contributed by atoms with Crippen molar-refractivity contribution in [3.05, 3.63) is 47.9 Å². The molecule has 0 aliphatic rings. The highest BCUT2D eigenvalue weighted by molar-refractivity contribution is 5.28. The number of aromatic hydroxyl groups is 1. The van der Waals surface area contributed by atoms with Gasteiger partial charge in [-0.2, -0.15) is 0 Å². The molecule has 3 heteroatoms. The zero-order valence-electron chi connectivity index (χ0n) is 6.90. The van der Waals surface area contributed by atoms with Crippen LogP contribution in [0.3, 0.4) is 0 Å². The first-order valence-electron chi connectivity index (χ1n) is 3.93. The standard InChI is InChI=1S/C10H8NO2/c12-10-3-1-8(2-4-10)7-9-5-6-13-11-9/h1-4,6,12H,7H2. The van der Waals surface area contributed by atoms with Crippen molar-refractivity contribution in [2.45, 2.75) is 6.42 Å². The third-order valence-corrected chi connectivity index (χ3v) is 1.75. The molecule has 1 radical (unpaired) electrons. The van der Waals surface area contributed by atoms with Crippen LogP contribution < -0.4 is 0 Å². The van der Waals surface area contributed by atoms with Gasteiger partial charge in [0.1, 0.15) is 12.0 Å². The normalized spacial score (nSPS) is 10.2. The molecule has 13 heavy (non-hydrogen) atoms. The van der Waals surface area contributed by atoms with Crippen LogP contribution in [-0.4, -0.2) is 10.3 Å². The molecule has 2 aromatic rings. The first-order valence-corrected chi connectivity index (χ1v) is 3.93. The summed E-state index contributed by atoms with van der Waals surface area (Å²) < 4.78 is 4.66. The minimum atomic E-state index is 0.271. The fraction of sp³-hybridized carbons (Fsp3) is 0.100. The summed E-state index contributed by atoms with van der Waals surface area (Å²) in [6.45, 7) is 0. The number of aromatic nitrogens is 1. The van der Waals surface area contributed by atoms with Crippen LogP contribution in [0.25, 0.3) is 0 Å². The van der Waals surface area contributed by atoms with Crippen molar-refractivity contribution < 1.29 is 9.63 Å². The molecule has 1 aromatic heterocycles. The van der Waals surface area contributed by atoms with E-state index in [1.807, 2.05) is 12.1 Å². The van der Waals surface area contributed by atoms with E-state index in [1.165, 1.54) is 6.26 Å². The highest BCUT2D eigenvalue weighted by Gasteiger charge is 1.99. The Kier molecular flexibility index (Phi) is 2.00. The lowest BCUT2D eigenvalue weighted by molar-refractivity contribution is 0.413. The van der Waals surface area contributed by atoms with Gasteiger partial charge in [0, 0.05) is 6.42 Å². The third-order valence-electron chi connectivity index (χ3n) is 1.75. The van der Waals surface area contributed by atoms with Gasteiger partial charge >= 0.3 is 0 Å². The Morgan fingerprint density at radius 1 is 1.31 bits per heavy atom. The molecule has 65 valence electrons. The lowest BCUT2D eigenvalue weighted by Crippen LogP contribution is -1.86. The van der Waals surface area contributed by atoms with Gasteiger partial charge in [-0.3, -0.25) is 0 Å². The highest BCUT2D eigenvalue weighted by atomic mass is 16.5.